The van der Waals surface area contributed by atoms with Crippen LogP contribution < -0.4 is 0 Å². The van der Waals surface area contributed by atoms with Crippen LogP contribution in [0.25, 0.3) is 17.1 Å². The van der Waals surface area contributed by atoms with Crippen LogP contribution in [0.2, 0.25) is 5.02 Å². The van der Waals surface area contributed by atoms with Crippen LogP contribution in [0, 0.1) is 6.92 Å². The van der Waals surface area contributed by atoms with Gasteiger partial charge in [0, 0.05) is 20.7 Å². The lowest BCUT2D eigenvalue weighted by Crippen LogP contribution is -2.07. The summed E-state index contributed by atoms with van der Waals surface area (Å²) < 4.78 is 8.06. The smallest absolute Gasteiger partial charge is 0.358 e. The molecule has 0 unspecified atom stereocenters. The maximum absolute atomic E-state index is 12.3. The van der Waals surface area contributed by atoms with Crippen LogP contribution in [0.3, 0.4) is 0 Å². The number of carbonyl (C=O) groups is 1. The summed E-state index contributed by atoms with van der Waals surface area (Å²) in [5, 5.41) is 0.650. The highest BCUT2D eigenvalue weighted by Gasteiger charge is 2.22. The van der Waals surface area contributed by atoms with Crippen LogP contribution in [0.15, 0.2) is 53.0 Å². The topological polar surface area (TPSA) is 44.1 Å². The van der Waals surface area contributed by atoms with Crippen molar-refractivity contribution in [3.8, 4) is 17.1 Å². The zero-order valence-corrected chi connectivity index (χ0v) is 16.1. The summed E-state index contributed by atoms with van der Waals surface area (Å²) in [4.78, 5) is 16.8. The molecule has 0 saturated carbocycles. The predicted molar refractivity (Wildman–Crippen MR) is 102 cm³/mol. The fraction of sp³-hybridized carbons (Fsp3) is 0.158. The van der Waals surface area contributed by atoms with Crippen LogP contribution in [0.1, 0.15) is 23.1 Å². The van der Waals surface area contributed by atoms with Gasteiger partial charge in [-0.2, -0.15) is 0 Å². The van der Waals surface area contributed by atoms with Gasteiger partial charge in [-0.3, -0.25) is 4.57 Å². The van der Waals surface area contributed by atoms with E-state index in [0.717, 1.165) is 21.4 Å². The van der Waals surface area contributed by atoms with Crippen LogP contribution in [-0.2, 0) is 4.74 Å². The standard InChI is InChI=1S/C19H16BrClN2O2/c1-3-25-19(24)17-12(2)23(16-10-8-15(21)9-11-16)18(22-17)13-4-6-14(20)7-5-13/h4-11H,3H2,1-2H3. The molecule has 128 valence electrons. The average molecular weight is 420 g/mol. The van der Waals surface area contributed by atoms with Crippen LogP contribution >= 0.6 is 27.5 Å². The number of esters is 1. The average Bonchev–Trinajstić information content (AvgIpc) is 2.94. The Bertz CT molecular complexity index is 902. The van der Waals surface area contributed by atoms with E-state index < -0.39 is 5.97 Å². The van der Waals surface area contributed by atoms with Gasteiger partial charge in [-0.1, -0.05) is 39.7 Å². The quantitative estimate of drug-likeness (QED) is 0.529. The second-order valence-electron chi connectivity index (χ2n) is 5.41. The van der Waals surface area contributed by atoms with Crippen molar-refractivity contribution in [3.63, 3.8) is 0 Å². The molecule has 2 aromatic carbocycles. The number of imidazole rings is 1. The van der Waals surface area contributed by atoms with Gasteiger partial charge in [0.2, 0.25) is 0 Å². The maximum Gasteiger partial charge on any atom is 0.358 e. The Kier molecular flexibility index (Phi) is 5.25. The van der Waals surface area contributed by atoms with Gasteiger partial charge in [-0.05, 0) is 50.2 Å². The zero-order chi connectivity index (χ0) is 18.0. The molecule has 1 aromatic heterocycles. The van der Waals surface area contributed by atoms with Crippen molar-refractivity contribution in [2.24, 2.45) is 0 Å². The summed E-state index contributed by atoms with van der Waals surface area (Å²) in [5.74, 6) is 0.251. The van der Waals surface area contributed by atoms with Gasteiger partial charge in [-0.15, -0.1) is 0 Å². The van der Waals surface area contributed by atoms with Crippen molar-refractivity contribution in [2.75, 3.05) is 6.61 Å². The molecule has 0 amide bonds. The molecule has 3 rings (SSSR count). The van der Waals surface area contributed by atoms with Crippen molar-refractivity contribution < 1.29 is 9.53 Å². The molecule has 0 fully saturated rings. The molecule has 0 bridgehead atoms. The number of benzene rings is 2. The lowest BCUT2D eigenvalue weighted by atomic mass is 10.2. The number of rotatable bonds is 4. The second kappa shape index (κ2) is 7.42. The fourth-order valence-electron chi connectivity index (χ4n) is 2.59. The van der Waals surface area contributed by atoms with Crippen LogP contribution in [-0.4, -0.2) is 22.1 Å². The highest BCUT2D eigenvalue weighted by molar-refractivity contribution is 9.10. The van der Waals surface area contributed by atoms with Crippen LogP contribution in [0.5, 0.6) is 0 Å². The molecule has 25 heavy (non-hydrogen) atoms. The molecule has 6 heteroatoms. The number of hydrogen-bond acceptors (Lipinski definition) is 3. The number of ether oxygens (including phenoxy) is 1. The van der Waals surface area contributed by atoms with Crippen molar-refractivity contribution >= 4 is 33.5 Å². The van der Waals surface area contributed by atoms with E-state index in [-0.39, 0.29) is 0 Å². The molecule has 0 aliphatic rings. The SMILES string of the molecule is CCOC(=O)c1nc(-c2ccc(Br)cc2)n(-c2ccc(Cl)cc2)c1C. The summed E-state index contributed by atoms with van der Waals surface area (Å²) in [6, 6.07) is 15.2. The van der Waals surface area contributed by atoms with E-state index in [1.54, 1.807) is 6.92 Å². The second-order valence-corrected chi connectivity index (χ2v) is 6.76. The molecule has 0 spiro atoms. The Morgan fingerprint density at radius 3 is 2.40 bits per heavy atom. The van der Waals surface area contributed by atoms with Gasteiger partial charge in [0.15, 0.2) is 5.69 Å². The Labute approximate surface area is 159 Å². The van der Waals surface area contributed by atoms with Gasteiger partial charge < -0.3 is 4.74 Å². The van der Waals surface area contributed by atoms with Crippen molar-refractivity contribution in [1.82, 2.24) is 9.55 Å². The Balaban J connectivity index is 2.21. The lowest BCUT2D eigenvalue weighted by molar-refractivity contribution is 0.0519. The third-order valence-electron chi connectivity index (χ3n) is 3.76. The first-order valence-corrected chi connectivity index (χ1v) is 8.96. The highest BCUT2D eigenvalue weighted by atomic mass is 79.9. The van der Waals surface area contributed by atoms with Gasteiger partial charge in [0.05, 0.1) is 12.3 Å². The normalized spacial score (nSPS) is 10.7. The van der Waals surface area contributed by atoms with Gasteiger partial charge >= 0.3 is 5.97 Å². The number of hydrogen-bond donors (Lipinski definition) is 0. The molecule has 0 aliphatic heterocycles. The van der Waals surface area contributed by atoms with Crippen molar-refractivity contribution in [3.05, 3.63) is 69.4 Å². The Hall–Kier alpha value is -2.11. The summed E-state index contributed by atoms with van der Waals surface area (Å²) >= 11 is 9.44. The molecule has 4 nitrogen and oxygen atoms in total. The highest BCUT2D eigenvalue weighted by Crippen LogP contribution is 2.28. The lowest BCUT2D eigenvalue weighted by Gasteiger charge is -2.10. The first-order valence-electron chi connectivity index (χ1n) is 7.79. The summed E-state index contributed by atoms with van der Waals surface area (Å²) in [6.45, 7) is 3.94. The van der Waals surface area contributed by atoms with Crippen molar-refractivity contribution in [2.45, 2.75) is 13.8 Å². The first-order chi connectivity index (χ1) is 12.0. The number of nitrogens with zero attached hydrogens (tertiary/aromatic N) is 2. The predicted octanol–water partition coefficient (Wildman–Crippen LogP) is 5.44. The number of aromatic nitrogens is 2. The Morgan fingerprint density at radius 2 is 1.80 bits per heavy atom. The Morgan fingerprint density at radius 1 is 1.16 bits per heavy atom. The van der Waals surface area contributed by atoms with E-state index in [9.17, 15) is 4.79 Å². The van der Waals surface area contributed by atoms with E-state index >= 15 is 0 Å². The molecular weight excluding hydrogens is 404 g/mol. The van der Waals surface area contributed by atoms with Crippen molar-refractivity contribution in [1.29, 1.82) is 0 Å². The minimum atomic E-state index is -0.425. The van der Waals surface area contributed by atoms with Crippen LogP contribution in [0.4, 0.5) is 0 Å². The largest absolute Gasteiger partial charge is 0.461 e. The maximum atomic E-state index is 12.3. The fourth-order valence-corrected chi connectivity index (χ4v) is 2.98. The summed E-state index contributed by atoms with van der Waals surface area (Å²) in [6.07, 6.45) is 0. The third-order valence-corrected chi connectivity index (χ3v) is 4.54. The third kappa shape index (κ3) is 3.62. The minimum absolute atomic E-state index is 0.305. The van der Waals surface area contributed by atoms with E-state index in [2.05, 4.69) is 20.9 Å². The summed E-state index contributed by atoms with van der Waals surface area (Å²) in [5.41, 5.74) is 2.81. The van der Waals surface area contributed by atoms with Gasteiger partial charge in [0.25, 0.3) is 0 Å². The molecular formula is C19H16BrClN2O2. The van der Waals surface area contributed by atoms with E-state index in [1.807, 2.05) is 60.0 Å². The molecule has 0 radical (unpaired) electrons. The molecule has 3 aromatic rings. The van der Waals surface area contributed by atoms with E-state index in [1.165, 1.54) is 0 Å². The molecule has 0 saturated heterocycles. The van der Waals surface area contributed by atoms with Gasteiger partial charge in [0.1, 0.15) is 5.82 Å². The summed E-state index contributed by atoms with van der Waals surface area (Å²) in [7, 11) is 0. The van der Waals surface area contributed by atoms with E-state index in [4.69, 9.17) is 16.3 Å². The minimum Gasteiger partial charge on any atom is -0.461 e. The molecule has 0 N–H and O–H groups in total. The monoisotopic (exact) mass is 418 g/mol. The first kappa shape index (κ1) is 17.7. The zero-order valence-electron chi connectivity index (χ0n) is 13.8. The molecule has 0 atom stereocenters. The number of halogens is 2. The number of carbonyl (C=O) groups excluding carboxylic acids is 1. The molecule has 0 aliphatic carbocycles. The van der Waals surface area contributed by atoms with Gasteiger partial charge in [-0.25, -0.2) is 9.78 Å². The van der Waals surface area contributed by atoms with E-state index in [0.29, 0.717) is 23.1 Å². The molecule has 1 heterocycles.